The van der Waals surface area contributed by atoms with Crippen LogP contribution in [0.1, 0.15) is 24.1 Å². The van der Waals surface area contributed by atoms with E-state index in [-0.39, 0.29) is 6.04 Å². The Labute approximate surface area is 116 Å². The predicted molar refractivity (Wildman–Crippen MR) is 77.8 cm³/mol. The molecule has 0 saturated carbocycles. The molecule has 0 aliphatic carbocycles. The van der Waals surface area contributed by atoms with Gasteiger partial charge in [0.25, 0.3) is 0 Å². The highest BCUT2D eigenvalue weighted by atomic mass is 79.9. The van der Waals surface area contributed by atoms with Crippen LogP contribution in [-0.2, 0) is 0 Å². The third kappa shape index (κ3) is 2.92. The summed E-state index contributed by atoms with van der Waals surface area (Å²) in [4.78, 5) is 0. The fraction of sp³-hybridized carbons (Fsp3) is 0.200. The predicted octanol–water partition coefficient (Wildman–Crippen LogP) is 3.90. The second-order valence-electron chi connectivity index (χ2n) is 4.01. The molecule has 2 aromatic rings. The molecular weight excluding hydrogens is 290 g/mol. The summed E-state index contributed by atoms with van der Waals surface area (Å²) < 4.78 is 6.43. The monoisotopic (exact) mass is 305 g/mol. The molecule has 2 aromatic carbocycles. The van der Waals surface area contributed by atoms with Gasteiger partial charge in [-0.1, -0.05) is 36.4 Å². The van der Waals surface area contributed by atoms with E-state index in [2.05, 4.69) is 15.9 Å². The van der Waals surface area contributed by atoms with Gasteiger partial charge in [0.2, 0.25) is 0 Å². The quantitative estimate of drug-likeness (QED) is 0.930. The smallest absolute Gasteiger partial charge is 0.133 e. The molecule has 0 fully saturated rings. The average molecular weight is 306 g/mol. The summed E-state index contributed by atoms with van der Waals surface area (Å²) in [6.07, 6.45) is 0. The molecule has 2 nitrogen and oxygen atoms in total. The molecule has 94 valence electrons. The molecule has 1 unspecified atom stereocenters. The Morgan fingerprint density at radius 1 is 1.11 bits per heavy atom. The lowest BCUT2D eigenvalue weighted by Crippen LogP contribution is -2.11. The first-order chi connectivity index (χ1) is 8.72. The summed E-state index contributed by atoms with van der Waals surface area (Å²) in [6, 6.07) is 15.9. The standard InChI is InChI=1S/C15H16BrNO/c1-2-18-14-9-8-12(10-13(14)16)15(17)11-6-4-3-5-7-11/h3-10,15H,2,17H2,1H3. The van der Waals surface area contributed by atoms with E-state index in [9.17, 15) is 0 Å². The Balaban J connectivity index is 2.26. The van der Waals surface area contributed by atoms with Crippen molar-refractivity contribution in [2.75, 3.05) is 6.61 Å². The lowest BCUT2D eigenvalue weighted by Gasteiger charge is -2.14. The van der Waals surface area contributed by atoms with Crippen LogP contribution in [0.3, 0.4) is 0 Å². The lowest BCUT2D eigenvalue weighted by atomic mass is 10.00. The van der Waals surface area contributed by atoms with Crippen molar-refractivity contribution in [1.29, 1.82) is 0 Å². The zero-order valence-electron chi connectivity index (χ0n) is 10.3. The van der Waals surface area contributed by atoms with Gasteiger partial charge in [-0.3, -0.25) is 0 Å². The summed E-state index contributed by atoms with van der Waals surface area (Å²) in [5.41, 5.74) is 8.42. The van der Waals surface area contributed by atoms with Gasteiger partial charge in [-0.2, -0.15) is 0 Å². The van der Waals surface area contributed by atoms with E-state index in [1.165, 1.54) is 0 Å². The van der Waals surface area contributed by atoms with Crippen LogP contribution in [0.2, 0.25) is 0 Å². The zero-order chi connectivity index (χ0) is 13.0. The van der Waals surface area contributed by atoms with E-state index in [4.69, 9.17) is 10.5 Å². The third-order valence-corrected chi connectivity index (χ3v) is 3.39. The van der Waals surface area contributed by atoms with Crippen molar-refractivity contribution in [3.63, 3.8) is 0 Å². The van der Waals surface area contributed by atoms with Crippen molar-refractivity contribution >= 4 is 15.9 Å². The SMILES string of the molecule is CCOc1ccc(C(N)c2ccccc2)cc1Br. The molecule has 0 spiro atoms. The summed E-state index contributed by atoms with van der Waals surface area (Å²) in [7, 11) is 0. The fourth-order valence-electron chi connectivity index (χ4n) is 1.84. The highest BCUT2D eigenvalue weighted by molar-refractivity contribution is 9.10. The molecule has 2 N–H and O–H groups in total. The van der Waals surface area contributed by atoms with Crippen LogP contribution in [0.15, 0.2) is 53.0 Å². The number of ether oxygens (including phenoxy) is 1. The minimum absolute atomic E-state index is 0.113. The average Bonchev–Trinajstić information content (AvgIpc) is 2.41. The largest absolute Gasteiger partial charge is 0.493 e. The normalized spacial score (nSPS) is 12.2. The molecular formula is C15H16BrNO. The van der Waals surface area contributed by atoms with E-state index in [1.807, 2.05) is 55.5 Å². The maximum absolute atomic E-state index is 6.25. The van der Waals surface area contributed by atoms with Crippen LogP contribution < -0.4 is 10.5 Å². The Morgan fingerprint density at radius 2 is 1.83 bits per heavy atom. The first-order valence-corrected chi connectivity index (χ1v) is 6.74. The first-order valence-electron chi connectivity index (χ1n) is 5.95. The van der Waals surface area contributed by atoms with Crippen LogP contribution in [0.25, 0.3) is 0 Å². The van der Waals surface area contributed by atoms with Gasteiger partial charge in [0.05, 0.1) is 17.1 Å². The molecule has 0 aromatic heterocycles. The lowest BCUT2D eigenvalue weighted by molar-refractivity contribution is 0.338. The minimum atomic E-state index is -0.113. The van der Waals surface area contributed by atoms with Gasteiger partial charge < -0.3 is 10.5 Å². The van der Waals surface area contributed by atoms with E-state index in [1.54, 1.807) is 0 Å². The van der Waals surface area contributed by atoms with E-state index >= 15 is 0 Å². The van der Waals surface area contributed by atoms with Crippen LogP contribution in [0.5, 0.6) is 5.75 Å². The number of nitrogens with two attached hydrogens (primary N) is 1. The number of hydrogen-bond donors (Lipinski definition) is 1. The van der Waals surface area contributed by atoms with E-state index < -0.39 is 0 Å². The van der Waals surface area contributed by atoms with E-state index in [0.717, 1.165) is 21.3 Å². The zero-order valence-corrected chi connectivity index (χ0v) is 11.9. The van der Waals surface area contributed by atoms with Crippen molar-refractivity contribution in [3.05, 3.63) is 64.1 Å². The van der Waals surface area contributed by atoms with Crippen molar-refractivity contribution < 1.29 is 4.74 Å². The first kappa shape index (κ1) is 13.1. The van der Waals surface area contributed by atoms with Crippen molar-refractivity contribution in [3.8, 4) is 5.75 Å². The van der Waals surface area contributed by atoms with Crippen molar-refractivity contribution in [2.45, 2.75) is 13.0 Å². The molecule has 0 amide bonds. The highest BCUT2D eigenvalue weighted by Crippen LogP contribution is 2.29. The Bertz CT molecular complexity index is 513. The highest BCUT2D eigenvalue weighted by Gasteiger charge is 2.10. The van der Waals surface area contributed by atoms with Crippen molar-refractivity contribution in [2.24, 2.45) is 5.73 Å². The van der Waals surface area contributed by atoms with Crippen LogP contribution in [0.4, 0.5) is 0 Å². The maximum Gasteiger partial charge on any atom is 0.133 e. The van der Waals surface area contributed by atoms with Crippen LogP contribution >= 0.6 is 15.9 Å². The minimum Gasteiger partial charge on any atom is -0.493 e. The van der Waals surface area contributed by atoms with Crippen LogP contribution in [0, 0.1) is 0 Å². The second-order valence-corrected chi connectivity index (χ2v) is 4.87. The summed E-state index contributed by atoms with van der Waals surface area (Å²) >= 11 is 3.51. The molecule has 0 heterocycles. The molecule has 0 bridgehead atoms. The Hall–Kier alpha value is -1.32. The van der Waals surface area contributed by atoms with Gasteiger partial charge in [-0.05, 0) is 46.1 Å². The number of rotatable bonds is 4. The molecule has 18 heavy (non-hydrogen) atoms. The fourth-order valence-corrected chi connectivity index (χ4v) is 2.35. The molecule has 3 heteroatoms. The second kappa shape index (κ2) is 6.03. The Morgan fingerprint density at radius 3 is 2.44 bits per heavy atom. The number of halogens is 1. The third-order valence-electron chi connectivity index (χ3n) is 2.77. The maximum atomic E-state index is 6.25. The molecule has 1 atom stereocenters. The molecule has 0 aliphatic heterocycles. The van der Waals surface area contributed by atoms with Crippen molar-refractivity contribution in [1.82, 2.24) is 0 Å². The van der Waals surface area contributed by atoms with Gasteiger partial charge >= 0.3 is 0 Å². The van der Waals surface area contributed by atoms with Gasteiger partial charge in [-0.25, -0.2) is 0 Å². The Kier molecular flexibility index (Phi) is 4.39. The van der Waals surface area contributed by atoms with Crippen LogP contribution in [-0.4, -0.2) is 6.61 Å². The molecule has 0 aliphatic rings. The van der Waals surface area contributed by atoms with Gasteiger partial charge in [0.15, 0.2) is 0 Å². The molecule has 2 rings (SSSR count). The van der Waals surface area contributed by atoms with E-state index in [0.29, 0.717) is 6.61 Å². The summed E-state index contributed by atoms with van der Waals surface area (Å²) in [5.74, 6) is 0.849. The van der Waals surface area contributed by atoms with Gasteiger partial charge in [0, 0.05) is 0 Å². The molecule has 0 radical (unpaired) electrons. The van der Waals surface area contributed by atoms with Gasteiger partial charge in [-0.15, -0.1) is 0 Å². The van der Waals surface area contributed by atoms with Gasteiger partial charge in [0.1, 0.15) is 5.75 Å². The molecule has 0 saturated heterocycles. The summed E-state index contributed by atoms with van der Waals surface area (Å²) in [6.45, 7) is 2.62. The number of hydrogen-bond acceptors (Lipinski definition) is 2. The number of benzene rings is 2. The topological polar surface area (TPSA) is 35.2 Å². The summed E-state index contributed by atoms with van der Waals surface area (Å²) in [5, 5.41) is 0.